The van der Waals surface area contributed by atoms with E-state index >= 15 is 0 Å². The van der Waals surface area contributed by atoms with Gasteiger partial charge in [0, 0.05) is 19.3 Å². The van der Waals surface area contributed by atoms with E-state index in [9.17, 15) is 27.6 Å². The summed E-state index contributed by atoms with van der Waals surface area (Å²) in [7, 11) is -3.36. The van der Waals surface area contributed by atoms with Crippen LogP contribution in [0.2, 0.25) is 0 Å². The number of nitrogens with two attached hydrogens (primary N) is 1. The number of thioether (sulfide) groups is 1. The van der Waals surface area contributed by atoms with Crippen LogP contribution in [0.4, 0.5) is 4.79 Å². The van der Waals surface area contributed by atoms with Crippen LogP contribution < -0.4 is 21.7 Å². The van der Waals surface area contributed by atoms with Crippen LogP contribution in [0.5, 0.6) is 0 Å². The molecule has 30 heavy (non-hydrogen) atoms. The summed E-state index contributed by atoms with van der Waals surface area (Å²) >= 11 is 1.29. The summed E-state index contributed by atoms with van der Waals surface area (Å²) in [5, 5.41) is 7.70. The monoisotopic (exact) mass is 463 g/mol. The summed E-state index contributed by atoms with van der Waals surface area (Å²) in [6.07, 6.45) is 4.25. The second kappa shape index (κ2) is 11.8. The molecule has 1 rings (SSSR count). The van der Waals surface area contributed by atoms with Crippen LogP contribution in [0.3, 0.4) is 0 Å². The number of carbonyl (C=O) groups excluding carboxylic acids is 4. The zero-order valence-corrected chi connectivity index (χ0v) is 18.7. The van der Waals surface area contributed by atoms with Crippen LogP contribution in [0, 0.1) is 0 Å². The number of hydrogen-bond donors (Lipinski definition) is 4. The molecule has 0 bridgehead atoms. The van der Waals surface area contributed by atoms with E-state index < -0.39 is 45.8 Å². The van der Waals surface area contributed by atoms with Gasteiger partial charge in [0.15, 0.2) is 0 Å². The van der Waals surface area contributed by atoms with Gasteiger partial charge in [0.05, 0.1) is 17.5 Å². The summed E-state index contributed by atoms with van der Waals surface area (Å²) in [5.41, 5.74) is 5.29. The Bertz CT molecular complexity index is 773. The highest BCUT2D eigenvalue weighted by atomic mass is 32.2. The number of urea groups is 1. The molecule has 0 aromatic carbocycles. The van der Waals surface area contributed by atoms with Crippen molar-refractivity contribution in [3.63, 3.8) is 0 Å². The second-order valence-electron chi connectivity index (χ2n) is 6.95. The SMILES string of the molecule is C=CCNC(=O)NC1CC(C(=O)NC(CCS(C)(=O)=O)C(N)=O)N(C(=O)CSC)C1. The topological polar surface area (TPSA) is 168 Å². The van der Waals surface area contributed by atoms with Gasteiger partial charge in [-0.2, -0.15) is 11.8 Å². The largest absolute Gasteiger partial charge is 0.368 e. The molecule has 0 aromatic rings. The molecule has 1 saturated heterocycles. The number of hydrogen-bond acceptors (Lipinski definition) is 7. The van der Waals surface area contributed by atoms with Crippen LogP contribution in [0.25, 0.3) is 0 Å². The maximum absolute atomic E-state index is 12.8. The van der Waals surface area contributed by atoms with Crippen molar-refractivity contribution in [1.29, 1.82) is 0 Å². The Morgan fingerprint density at radius 1 is 1.33 bits per heavy atom. The fourth-order valence-corrected chi connectivity index (χ4v) is 4.03. The molecule has 0 spiro atoms. The van der Waals surface area contributed by atoms with Gasteiger partial charge >= 0.3 is 6.03 Å². The lowest BCUT2D eigenvalue weighted by Gasteiger charge is -2.25. The molecule has 3 atom stereocenters. The molecular formula is C17H29N5O6S2. The predicted molar refractivity (Wildman–Crippen MR) is 114 cm³/mol. The van der Waals surface area contributed by atoms with Gasteiger partial charge in [0.25, 0.3) is 0 Å². The molecule has 1 aliphatic heterocycles. The van der Waals surface area contributed by atoms with Gasteiger partial charge in [0.1, 0.15) is 21.9 Å². The Balaban J connectivity index is 2.88. The minimum atomic E-state index is -3.36. The summed E-state index contributed by atoms with van der Waals surface area (Å²) in [6, 6.07) is -3.04. The molecule has 0 saturated carbocycles. The number of carbonyl (C=O) groups is 4. The first-order valence-electron chi connectivity index (χ1n) is 9.19. The number of primary amides is 1. The highest BCUT2D eigenvalue weighted by Gasteiger charge is 2.40. The van der Waals surface area contributed by atoms with E-state index in [2.05, 4.69) is 22.5 Å². The first-order valence-corrected chi connectivity index (χ1v) is 12.6. The highest BCUT2D eigenvalue weighted by Crippen LogP contribution is 2.20. The molecule has 11 nitrogen and oxygen atoms in total. The fraction of sp³-hybridized carbons (Fsp3) is 0.647. The van der Waals surface area contributed by atoms with Gasteiger partial charge in [-0.3, -0.25) is 14.4 Å². The number of amides is 5. The maximum Gasteiger partial charge on any atom is 0.315 e. The average Bonchev–Trinajstić information content (AvgIpc) is 3.06. The lowest BCUT2D eigenvalue weighted by atomic mass is 10.1. The lowest BCUT2D eigenvalue weighted by molar-refractivity contribution is -0.137. The smallest absolute Gasteiger partial charge is 0.315 e. The maximum atomic E-state index is 12.8. The molecule has 1 heterocycles. The third-order valence-corrected chi connectivity index (χ3v) is 5.88. The molecular weight excluding hydrogens is 434 g/mol. The number of sulfone groups is 1. The molecule has 1 fully saturated rings. The van der Waals surface area contributed by atoms with Crippen molar-refractivity contribution < 1.29 is 27.6 Å². The zero-order chi connectivity index (χ0) is 22.9. The lowest BCUT2D eigenvalue weighted by Crippen LogP contribution is -2.52. The summed E-state index contributed by atoms with van der Waals surface area (Å²) < 4.78 is 22.7. The second-order valence-corrected chi connectivity index (χ2v) is 10.1. The van der Waals surface area contributed by atoms with Crippen molar-refractivity contribution in [3.05, 3.63) is 12.7 Å². The first kappa shape index (κ1) is 25.8. The van der Waals surface area contributed by atoms with Crippen molar-refractivity contribution in [1.82, 2.24) is 20.9 Å². The van der Waals surface area contributed by atoms with Gasteiger partial charge in [-0.25, -0.2) is 13.2 Å². The van der Waals surface area contributed by atoms with E-state index in [0.717, 1.165) is 6.26 Å². The molecule has 3 unspecified atom stereocenters. The Morgan fingerprint density at radius 3 is 2.53 bits per heavy atom. The van der Waals surface area contributed by atoms with E-state index in [1.807, 2.05) is 0 Å². The number of likely N-dealkylation sites (tertiary alicyclic amines) is 1. The molecule has 1 aliphatic rings. The third-order valence-electron chi connectivity index (χ3n) is 4.37. The van der Waals surface area contributed by atoms with Gasteiger partial charge in [0.2, 0.25) is 17.7 Å². The van der Waals surface area contributed by atoms with Gasteiger partial charge in [-0.05, 0) is 19.1 Å². The van der Waals surface area contributed by atoms with E-state index in [1.54, 1.807) is 6.26 Å². The molecule has 0 aromatic heterocycles. The highest BCUT2D eigenvalue weighted by molar-refractivity contribution is 7.99. The predicted octanol–water partition coefficient (Wildman–Crippen LogP) is -1.79. The minimum absolute atomic E-state index is 0.129. The van der Waals surface area contributed by atoms with Gasteiger partial charge < -0.3 is 26.6 Å². The Labute approximate surface area is 180 Å². The average molecular weight is 464 g/mol. The van der Waals surface area contributed by atoms with E-state index in [4.69, 9.17) is 5.73 Å². The number of nitrogens with one attached hydrogen (secondary N) is 3. The van der Waals surface area contributed by atoms with Crippen molar-refractivity contribution in [2.24, 2.45) is 5.73 Å². The van der Waals surface area contributed by atoms with Crippen molar-refractivity contribution in [3.8, 4) is 0 Å². The summed E-state index contributed by atoms with van der Waals surface area (Å²) in [6.45, 7) is 3.89. The zero-order valence-electron chi connectivity index (χ0n) is 17.0. The number of nitrogens with zero attached hydrogens (tertiary/aromatic N) is 1. The number of rotatable bonds is 11. The molecule has 5 N–H and O–H groups in total. The Kier molecular flexibility index (Phi) is 10.1. The van der Waals surface area contributed by atoms with Crippen LogP contribution >= 0.6 is 11.8 Å². The van der Waals surface area contributed by atoms with Crippen LogP contribution in [0.1, 0.15) is 12.8 Å². The van der Waals surface area contributed by atoms with Crippen LogP contribution in [-0.4, -0.2) is 92.3 Å². The van der Waals surface area contributed by atoms with Crippen LogP contribution in [0.15, 0.2) is 12.7 Å². The molecule has 13 heteroatoms. The Hall–Kier alpha value is -2.28. The van der Waals surface area contributed by atoms with Gasteiger partial charge in [-0.15, -0.1) is 6.58 Å². The standard InChI is InChI=1S/C17H29N5O6S2/c1-4-6-19-17(26)20-11-8-13(22(9-11)14(23)10-29-2)16(25)21-12(15(18)24)5-7-30(3,27)28/h4,11-13H,1,5-10H2,2-3H3,(H2,18,24)(H,21,25)(H2,19,20,26). The van der Waals surface area contributed by atoms with E-state index in [1.165, 1.54) is 22.7 Å². The van der Waals surface area contributed by atoms with Crippen molar-refractivity contribution >= 4 is 45.4 Å². The summed E-state index contributed by atoms with van der Waals surface area (Å²) in [4.78, 5) is 50.1. The molecule has 5 amide bonds. The van der Waals surface area contributed by atoms with Crippen molar-refractivity contribution in [2.75, 3.05) is 37.1 Å². The van der Waals surface area contributed by atoms with E-state index in [-0.39, 0.29) is 43.3 Å². The van der Waals surface area contributed by atoms with Crippen LogP contribution in [-0.2, 0) is 24.2 Å². The van der Waals surface area contributed by atoms with Crippen molar-refractivity contribution in [2.45, 2.75) is 31.0 Å². The first-order chi connectivity index (χ1) is 14.0. The Morgan fingerprint density at radius 2 is 2.00 bits per heavy atom. The molecule has 0 radical (unpaired) electrons. The molecule has 0 aliphatic carbocycles. The quantitative estimate of drug-likeness (QED) is 0.262. The minimum Gasteiger partial charge on any atom is -0.368 e. The van der Waals surface area contributed by atoms with E-state index in [0.29, 0.717) is 0 Å². The normalized spacial score (nSPS) is 19.6. The fourth-order valence-electron chi connectivity index (χ4n) is 2.96. The summed E-state index contributed by atoms with van der Waals surface area (Å²) in [5.74, 6) is -1.96. The van der Waals surface area contributed by atoms with Gasteiger partial charge in [-0.1, -0.05) is 6.08 Å². The third kappa shape index (κ3) is 8.61. The molecule has 170 valence electrons.